The van der Waals surface area contributed by atoms with Crippen LogP contribution < -0.4 is 4.90 Å². The number of benzene rings is 1. The highest BCUT2D eigenvalue weighted by molar-refractivity contribution is 6.17. The number of nitrogens with zero attached hydrogens (tertiary/aromatic N) is 1. The first-order chi connectivity index (χ1) is 8.26. The highest BCUT2D eigenvalue weighted by atomic mass is 35.5. The van der Waals surface area contributed by atoms with Gasteiger partial charge in [-0.05, 0) is 30.5 Å². The summed E-state index contributed by atoms with van der Waals surface area (Å²) >= 11 is 5.86. The number of ether oxygens (including phenoxy) is 1. The maximum absolute atomic E-state index is 5.86. The van der Waals surface area contributed by atoms with Crippen LogP contribution in [0.5, 0.6) is 0 Å². The zero-order valence-electron chi connectivity index (χ0n) is 10.6. The summed E-state index contributed by atoms with van der Waals surface area (Å²) in [7, 11) is 0. The van der Waals surface area contributed by atoms with Gasteiger partial charge in [-0.2, -0.15) is 0 Å². The first kappa shape index (κ1) is 12.7. The minimum atomic E-state index is 0.504. The van der Waals surface area contributed by atoms with E-state index < -0.39 is 0 Å². The van der Waals surface area contributed by atoms with Crippen LogP contribution in [0.15, 0.2) is 18.2 Å². The van der Waals surface area contributed by atoms with Gasteiger partial charge in [-0.1, -0.05) is 19.1 Å². The molecule has 1 unspecified atom stereocenters. The lowest BCUT2D eigenvalue weighted by atomic mass is 10.1. The molecule has 2 nitrogen and oxygen atoms in total. The minimum Gasteiger partial charge on any atom is -0.377 e. The van der Waals surface area contributed by atoms with Crippen molar-refractivity contribution in [3.05, 3.63) is 29.3 Å². The predicted octanol–water partition coefficient (Wildman–Crippen LogP) is 3.35. The molecule has 1 atom stereocenters. The van der Waals surface area contributed by atoms with E-state index in [2.05, 4.69) is 36.9 Å². The SMILES string of the molecule is CCC1COCCN1c1ccc(CCl)cc1C. The second-order valence-corrected chi connectivity index (χ2v) is 4.85. The molecule has 0 spiro atoms. The summed E-state index contributed by atoms with van der Waals surface area (Å²) in [6, 6.07) is 7.01. The maximum atomic E-state index is 5.86. The van der Waals surface area contributed by atoms with Gasteiger partial charge in [-0.25, -0.2) is 0 Å². The summed E-state index contributed by atoms with van der Waals surface area (Å²) in [6.07, 6.45) is 1.12. The molecule has 1 aromatic carbocycles. The molecule has 17 heavy (non-hydrogen) atoms. The van der Waals surface area contributed by atoms with Crippen molar-refractivity contribution in [3.8, 4) is 0 Å². The van der Waals surface area contributed by atoms with Gasteiger partial charge in [0.1, 0.15) is 0 Å². The Labute approximate surface area is 109 Å². The topological polar surface area (TPSA) is 12.5 Å². The van der Waals surface area contributed by atoms with Crippen LogP contribution in [-0.4, -0.2) is 25.8 Å². The molecule has 1 heterocycles. The van der Waals surface area contributed by atoms with Crippen LogP contribution in [0.4, 0.5) is 5.69 Å². The summed E-state index contributed by atoms with van der Waals surface area (Å²) in [6.45, 7) is 7.03. The number of hydrogen-bond donors (Lipinski definition) is 0. The van der Waals surface area contributed by atoms with E-state index in [1.54, 1.807) is 0 Å². The molecule has 2 rings (SSSR count). The number of anilines is 1. The normalized spacial score (nSPS) is 20.6. The standard InChI is InChI=1S/C14H20ClNO/c1-3-13-10-17-7-6-16(13)14-5-4-12(9-15)8-11(14)2/h4-5,8,13H,3,6-7,9-10H2,1-2H3. The number of aryl methyl sites for hydroxylation is 1. The van der Waals surface area contributed by atoms with Crippen LogP contribution in [0, 0.1) is 6.92 Å². The lowest BCUT2D eigenvalue weighted by molar-refractivity contribution is 0.0929. The van der Waals surface area contributed by atoms with Crippen LogP contribution in [-0.2, 0) is 10.6 Å². The van der Waals surface area contributed by atoms with Crippen molar-refractivity contribution in [2.45, 2.75) is 32.2 Å². The summed E-state index contributed by atoms with van der Waals surface area (Å²) in [5.74, 6) is 0.585. The van der Waals surface area contributed by atoms with E-state index in [1.807, 2.05) is 0 Å². The highest BCUT2D eigenvalue weighted by Crippen LogP contribution is 2.26. The molecule has 1 fully saturated rings. The molecule has 1 aliphatic heterocycles. The molecule has 1 aliphatic rings. The molecule has 1 aromatic rings. The average Bonchev–Trinajstić information content (AvgIpc) is 2.38. The molecule has 0 aliphatic carbocycles. The number of halogens is 1. The van der Waals surface area contributed by atoms with Crippen LogP contribution in [0.1, 0.15) is 24.5 Å². The Balaban J connectivity index is 2.25. The molecule has 0 aromatic heterocycles. The first-order valence-corrected chi connectivity index (χ1v) is 6.79. The maximum Gasteiger partial charge on any atom is 0.0670 e. The fourth-order valence-electron chi connectivity index (χ4n) is 2.43. The van der Waals surface area contributed by atoms with Gasteiger partial charge < -0.3 is 9.64 Å². The van der Waals surface area contributed by atoms with Gasteiger partial charge in [0, 0.05) is 18.1 Å². The summed E-state index contributed by atoms with van der Waals surface area (Å²) in [4.78, 5) is 2.47. The second kappa shape index (κ2) is 5.74. The average molecular weight is 254 g/mol. The van der Waals surface area contributed by atoms with Crippen LogP contribution in [0.2, 0.25) is 0 Å². The van der Waals surface area contributed by atoms with Gasteiger partial charge in [0.05, 0.1) is 19.3 Å². The molecule has 94 valence electrons. The molecule has 0 radical (unpaired) electrons. The molecule has 0 bridgehead atoms. The number of rotatable bonds is 3. The zero-order valence-corrected chi connectivity index (χ0v) is 11.3. The Hall–Kier alpha value is -0.730. The first-order valence-electron chi connectivity index (χ1n) is 6.26. The monoisotopic (exact) mass is 253 g/mol. The minimum absolute atomic E-state index is 0.504. The van der Waals surface area contributed by atoms with Crippen LogP contribution in [0.25, 0.3) is 0 Å². The van der Waals surface area contributed by atoms with E-state index in [9.17, 15) is 0 Å². The summed E-state index contributed by atoms with van der Waals surface area (Å²) in [5.41, 5.74) is 3.83. The third-order valence-corrected chi connectivity index (χ3v) is 3.73. The van der Waals surface area contributed by atoms with Crippen molar-refractivity contribution in [3.63, 3.8) is 0 Å². The Bertz CT molecular complexity index is 380. The number of alkyl halides is 1. The van der Waals surface area contributed by atoms with E-state index in [1.165, 1.54) is 16.8 Å². The number of hydrogen-bond acceptors (Lipinski definition) is 2. The molecule has 0 amide bonds. The predicted molar refractivity (Wildman–Crippen MR) is 73.0 cm³/mol. The van der Waals surface area contributed by atoms with Gasteiger partial charge in [-0.15, -0.1) is 11.6 Å². The lowest BCUT2D eigenvalue weighted by Crippen LogP contribution is -2.45. The van der Waals surface area contributed by atoms with Crippen molar-refractivity contribution in [2.24, 2.45) is 0 Å². The Kier molecular flexibility index (Phi) is 4.30. The Morgan fingerprint density at radius 1 is 1.47 bits per heavy atom. The molecule has 3 heteroatoms. The fourth-order valence-corrected chi connectivity index (χ4v) is 2.60. The molecule has 1 saturated heterocycles. The van der Waals surface area contributed by atoms with Gasteiger partial charge in [-0.3, -0.25) is 0 Å². The van der Waals surface area contributed by atoms with Crippen LogP contribution in [0.3, 0.4) is 0 Å². The van der Waals surface area contributed by atoms with Gasteiger partial charge in [0.2, 0.25) is 0 Å². The van der Waals surface area contributed by atoms with Gasteiger partial charge >= 0.3 is 0 Å². The van der Waals surface area contributed by atoms with E-state index in [0.29, 0.717) is 11.9 Å². The van der Waals surface area contributed by atoms with Crippen molar-refractivity contribution in [2.75, 3.05) is 24.7 Å². The van der Waals surface area contributed by atoms with Crippen molar-refractivity contribution in [1.29, 1.82) is 0 Å². The largest absolute Gasteiger partial charge is 0.377 e. The fraction of sp³-hybridized carbons (Fsp3) is 0.571. The molecule has 0 N–H and O–H groups in total. The highest BCUT2D eigenvalue weighted by Gasteiger charge is 2.22. The van der Waals surface area contributed by atoms with E-state index in [0.717, 1.165) is 26.2 Å². The van der Waals surface area contributed by atoms with Crippen molar-refractivity contribution < 1.29 is 4.74 Å². The molecule has 0 saturated carbocycles. The van der Waals surface area contributed by atoms with Gasteiger partial charge in [0.15, 0.2) is 0 Å². The van der Waals surface area contributed by atoms with Crippen molar-refractivity contribution in [1.82, 2.24) is 0 Å². The summed E-state index contributed by atoms with van der Waals surface area (Å²) < 4.78 is 5.55. The third-order valence-electron chi connectivity index (χ3n) is 3.42. The van der Waals surface area contributed by atoms with Gasteiger partial charge in [0.25, 0.3) is 0 Å². The summed E-state index contributed by atoms with van der Waals surface area (Å²) in [5, 5.41) is 0. The smallest absolute Gasteiger partial charge is 0.0670 e. The quantitative estimate of drug-likeness (QED) is 0.766. The Morgan fingerprint density at radius 3 is 2.94 bits per heavy atom. The van der Waals surface area contributed by atoms with E-state index >= 15 is 0 Å². The zero-order chi connectivity index (χ0) is 12.3. The molecular weight excluding hydrogens is 234 g/mol. The van der Waals surface area contributed by atoms with E-state index in [-0.39, 0.29) is 0 Å². The van der Waals surface area contributed by atoms with Crippen molar-refractivity contribution >= 4 is 17.3 Å². The molecular formula is C14H20ClNO. The van der Waals surface area contributed by atoms with E-state index in [4.69, 9.17) is 16.3 Å². The Morgan fingerprint density at radius 2 is 2.29 bits per heavy atom. The third kappa shape index (κ3) is 2.75. The number of morpholine rings is 1. The lowest BCUT2D eigenvalue weighted by Gasteiger charge is -2.38. The van der Waals surface area contributed by atoms with Crippen LogP contribution >= 0.6 is 11.6 Å². The second-order valence-electron chi connectivity index (χ2n) is 4.58.